The normalized spacial score (nSPS) is 8.33. The molecular weight excluding hydrogens is 304 g/mol. The van der Waals surface area contributed by atoms with Crippen molar-refractivity contribution in [1.29, 1.82) is 0 Å². The third-order valence-electron chi connectivity index (χ3n) is 2.61. The number of unbranched alkanes of at least 4 members (excludes halogenated alkanes) is 6. The molecule has 0 saturated heterocycles. The van der Waals surface area contributed by atoms with Crippen molar-refractivity contribution in [2.24, 2.45) is 0 Å². The summed E-state index contributed by atoms with van der Waals surface area (Å²) in [5.41, 5.74) is 0. The molecule has 0 bridgehead atoms. The molecule has 0 aliphatic rings. The summed E-state index contributed by atoms with van der Waals surface area (Å²) < 4.78 is 8.81. The van der Waals surface area contributed by atoms with Gasteiger partial charge in [0.1, 0.15) is 0 Å². The van der Waals surface area contributed by atoms with Gasteiger partial charge in [0.25, 0.3) is 0 Å². The van der Waals surface area contributed by atoms with Gasteiger partial charge in [-0.1, -0.05) is 79.1 Å². The first-order valence-electron chi connectivity index (χ1n) is 9.64. The van der Waals surface area contributed by atoms with E-state index in [-0.39, 0.29) is 11.9 Å². The lowest BCUT2D eigenvalue weighted by Crippen LogP contribution is -1.95. The molecule has 0 fully saturated rings. The Morgan fingerprint density at radius 1 is 0.542 bits per heavy atom. The molecule has 0 aromatic heterocycles. The van der Waals surface area contributed by atoms with Crippen LogP contribution in [-0.2, 0) is 19.1 Å². The number of ether oxygens (including phenoxy) is 2. The van der Waals surface area contributed by atoms with E-state index >= 15 is 0 Å². The predicted molar refractivity (Wildman–Crippen MR) is 104 cm³/mol. The molecule has 0 rings (SSSR count). The van der Waals surface area contributed by atoms with E-state index in [0.29, 0.717) is 13.2 Å². The average molecular weight is 349 g/mol. The molecule has 0 aliphatic carbocycles. The van der Waals surface area contributed by atoms with Crippen molar-refractivity contribution < 1.29 is 19.1 Å². The fourth-order valence-corrected chi connectivity index (χ4v) is 1.41. The van der Waals surface area contributed by atoms with Crippen LogP contribution in [0.3, 0.4) is 0 Å². The summed E-state index contributed by atoms with van der Waals surface area (Å²) in [6.07, 6.45) is 11.1. The van der Waals surface area contributed by atoms with Gasteiger partial charge in [0, 0.05) is 13.8 Å². The number of carbonyl (C=O) groups excluding carboxylic acids is 2. The van der Waals surface area contributed by atoms with Gasteiger partial charge in [-0.15, -0.1) is 0 Å². The first kappa shape index (κ1) is 30.8. The second kappa shape index (κ2) is 33.5. The highest BCUT2D eigenvalue weighted by atomic mass is 16.5. The van der Waals surface area contributed by atoms with Crippen LogP contribution < -0.4 is 0 Å². The number of carbonyl (C=O) groups is 2. The Balaban J connectivity index is -0.000000111. The molecule has 0 saturated carbocycles. The standard InChI is InChI=1S/2C6H14.2C4H8O2/c2*1-3-5-6-4-2;2*1-3-6-4(2)5/h2*3-6H2,1-2H3;2*3H2,1-2H3. The van der Waals surface area contributed by atoms with Crippen LogP contribution in [0.4, 0.5) is 0 Å². The number of rotatable bonds is 8. The van der Waals surface area contributed by atoms with Gasteiger partial charge in [-0.05, 0) is 13.8 Å². The number of esters is 2. The Hall–Kier alpha value is -1.06. The quantitative estimate of drug-likeness (QED) is 0.381. The van der Waals surface area contributed by atoms with E-state index in [0.717, 1.165) is 0 Å². The number of hydrogen-bond donors (Lipinski definition) is 0. The molecule has 0 heterocycles. The Labute approximate surface area is 151 Å². The van der Waals surface area contributed by atoms with Crippen molar-refractivity contribution in [3.63, 3.8) is 0 Å². The van der Waals surface area contributed by atoms with Crippen LogP contribution in [0.2, 0.25) is 0 Å². The first-order valence-corrected chi connectivity index (χ1v) is 9.64. The minimum Gasteiger partial charge on any atom is -0.466 e. The highest BCUT2D eigenvalue weighted by molar-refractivity contribution is 5.66. The van der Waals surface area contributed by atoms with Gasteiger partial charge in [-0.25, -0.2) is 0 Å². The maximum atomic E-state index is 9.82. The van der Waals surface area contributed by atoms with Gasteiger partial charge in [-0.3, -0.25) is 9.59 Å². The van der Waals surface area contributed by atoms with Gasteiger partial charge in [0.2, 0.25) is 0 Å². The highest BCUT2D eigenvalue weighted by Gasteiger charge is 1.82. The molecule has 0 radical (unpaired) electrons. The SMILES string of the molecule is CCCCCC.CCCCCC.CCOC(C)=O.CCOC(C)=O. The van der Waals surface area contributed by atoms with E-state index in [1.165, 1.54) is 65.2 Å². The summed E-state index contributed by atoms with van der Waals surface area (Å²) in [6, 6.07) is 0. The molecule has 4 nitrogen and oxygen atoms in total. The zero-order chi connectivity index (χ0) is 19.6. The summed E-state index contributed by atoms with van der Waals surface area (Å²) in [7, 11) is 0. The average Bonchev–Trinajstić information content (AvgIpc) is 2.52. The van der Waals surface area contributed by atoms with Gasteiger partial charge in [0.15, 0.2) is 0 Å². The van der Waals surface area contributed by atoms with Crippen LogP contribution in [-0.4, -0.2) is 25.2 Å². The van der Waals surface area contributed by atoms with Crippen LogP contribution in [0.1, 0.15) is 107 Å². The van der Waals surface area contributed by atoms with Crippen molar-refractivity contribution >= 4 is 11.9 Å². The Morgan fingerprint density at radius 2 is 0.750 bits per heavy atom. The number of hydrogen-bond acceptors (Lipinski definition) is 4. The molecule has 0 N–H and O–H groups in total. The van der Waals surface area contributed by atoms with E-state index in [1.807, 2.05) is 0 Å². The maximum absolute atomic E-state index is 9.82. The summed E-state index contributed by atoms with van der Waals surface area (Å²) in [6.45, 7) is 16.2. The van der Waals surface area contributed by atoms with E-state index < -0.39 is 0 Å². The topological polar surface area (TPSA) is 52.6 Å². The molecule has 0 atom stereocenters. The highest BCUT2D eigenvalue weighted by Crippen LogP contribution is 1.95. The zero-order valence-corrected chi connectivity index (χ0v) is 17.7. The van der Waals surface area contributed by atoms with Crippen molar-refractivity contribution in [1.82, 2.24) is 0 Å². The second-order valence-corrected chi connectivity index (χ2v) is 5.26. The van der Waals surface area contributed by atoms with Crippen LogP contribution in [0.5, 0.6) is 0 Å². The molecule has 0 aromatic carbocycles. The summed E-state index contributed by atoms with van der Waals surface area (Å²) in [5.74, 6) is -0.421. The Kier molecular flexibility index (Phi) is 43.0. The van der Waals surface area contributed by atoms with E-state index in [4.69, 9.17) is 0 Å². The Morgan fingerprint density at radius 3 is 0.792 bits per heavy atom. The van der Waals surface area contributed by atoms with Crippen LogP contribution in [0.15, 0.2) is 0 Å². The molecule has 0 amide bonds. The summed E-state index contributed by atoms with van der Waals surface area (Å²) in [5, 5.41) is 0. The van der Waals surface area contributed by atoms with Crippen molar-refractivity contribution in [2.45, 2.75) is 107 Å². The van der Waals surface area contributed by atoms with Crippen molar-refractivity contribution in [2.75, 3.05) is 13.2 Å². The van der Waals surface area contributed by atoms with Gasteiger partial charge >= 0.3 is 11.9 Å². The maximum Gasteiger partial charge on any atom is 0.302 e. The predicted octanol–water partition coefficient (Wildman–Crippen LogP) is 6.31. The fraction of sp³-hybridized carbons (Fsp3) is 0.900. The van der Waals surface area contributed by atoms with Crippen LogP contribution in [0, 0.1) is 0 Å². The fourth-order valence-electron chi connectivity index (χ4n) is 1.41. The van der Waals surface area contributed by atoms with Crippen molar-refractivity contribution in [3.05, 3.63) is 0 Å². The molecule has 0 aromatic rings. The third-order valence-corrected chi connectivity index (χ3v) is 2.61. The van der Waals surface area contributed by atoms with Gasteiger partial charge in [-0.2, -0.15) is 0 Å². The summed E-state index contributed by atoms with van der Waals surface area (Å²) >= 11 is 0. The molecule has 148 valence electrons. The molecule has 4 heteroatoms. The van der Waals surface area contributed by atoms with E-state index in [2.05, 4.69) is 37.2 Å². The molecule has 0 aliphatic heterocycles. The van der Waals surface area contributed by atoms with Gasteiger partial charge in [0.05, 0.1) is 13.2 Å². The molecule has 0 unspecified atom stereocenters. The van der Waals surface area contributed by atoms with Crippen molar-refractivity contribution in [3.8, 4) is 0 Å². The lowest BCUT2D eigenvalue weighted by atomic mass is 10.2. The van der Waals surface area contributed by atoms with Gasteiger partial charge < -0.3 is 9.47 Å². The van der Waals surface area contributed by atoms with E-state index in [9.17, 15) is 9.59 Å². The second-order valence-electron chi connectivity index (χ2n) is 5.26. The minimum absolute atomic E-state index is 0.211. The Bertz CT molecular complexity index is 196. The zero-order valence-electron chi connectivity index (χ0n) is 17.7. The first-order chi connectivity index (χ1) is 11.4. The van der Waals surface area contributed by atoms with E-state index in [1.54, 1.807) is 13.8 Å². The molecular formula is C20H44O4. The largest absolute Gasteiger partial charge is 0.466 e. The molecule has 24 heavy (non-hydrogen) atoms. The lowest BCUT2D eigenvalue weighted by Gasteiger charge is -1.89. The minimum atomic E-state index is -0.211. The van der Waals surface area contributed by atoms with Crippen LogP contribution >= 0.6 is 0 Å². The third kappa shape index (κ3) is 69.6. The monoisotopic (exact) mass is 348 g/mol. The smallest absolute Gasteiger partial charge is 0.302 e. The molecule has 0 spiro atoms. The summed E-state index contributed by atoms with van der Waals surface area (Å²) in [4.78, 5) is 19.6. The van der Waals surface area contributed by atoms with Crippen LogP contribution in [0.25, 0.3) is 0 Å². The lowest BCUT2D eigenvalue weighted by molar-refractivity contribution is -0.141.